The van der Waals surface area contributed by atoms with Crippen molar-refractivity contribution in [2.75, 3.05) is 13.1 Å². The summed E-state index contributed by atoms with van der Waals surface area (Å²) in [4.78, 5) is 0. The van der Waals surface area contributed by atoms with Crippen molar-refractivity contribution in [1.82, 2.24) is 18.8 Å². The maximum Gasteiger partial charge on any atom is 0.279 e. The highest BCUT2D eigenvalue weighted by molar-refractivity contribution is 7.87. The second kappa shape index (κ2) is 5.38. The van der Waals surface area contributed by atoms with E-state index in [1.54, 1.807) is 6.20 Å². The van der Waals surface area contributed by atoms with E-state index in [0.29, 0.717) is 19.6 Å². The molecule has 2 heterocycles. The van der Waals surface area contributed by atoms with E-state index in [2.05, 4.69) is 9.82 Å². The molecule has 18 heavy (non-hydrogen) atoms. The summed E-state index contributed by atoms with van der Waals surface area (Å²) in [6.07, 6.45) is 4.28. The molecule has 7 heteroatoms. The molecule has 1 N–H and O–H groups in total. The first-order chi connectivity index (χ1) is 8.54. The molecule has 1 aliphatic rings. The molecule has 0 aromatic carbocycles. The van der Waals surface area contributed by atoms with Crippen LogP contribution < -0.4 is 4.72 Å². The van der Waals surface area contributed by atoms with Gasteiger partial charge < -0.3 is 0 Å². The van der Waals surface area contributed by atoms with Gasteiger partial charge in [-0.05, 0) is 19.3 Å². The number of nitrogens with zero attached hydrogens (tertiary/aromatic N) is 3. The Morgan fingerprint density at radius 1 is 1.50 bits per heavy atom. The average molecular weight is 272 g/mol. The predicted octanol–water partition coefficient (Wildman–Crippen LogP) is 0.413. The van der Waals surface area contributed by atoms with Crippen LogP contribution in [0.1, 0.15) is 31.0 Å². The fraction of sp³-hybridized carbons (Fsp3) is 0.727. The van der Waals surface area contributed by atoms with Gasteiger partial charge >= 0.3 is 0 Å². The molecule has 1 aliphatic heterocycles. The smallest absolute Gasteiger partial charge is 0.272 e. The Morgan fingerprint density at radius 2 is 2.28 bits per heavy atom. The molecule has 102 valence electrons. The first kappa shape index (κ1) is 13.5. The van der Waals surface area contributed by atoms with Crippen molar-refractivity contribution in [3.05, 3.63) is 17.5 Å². The van der Waals surface area contributed by atoms with Crippen molar-refractivity contribution in [3.63, 3.8) is 0 Å². The number of fused-ring (bicyclic) bond motifs is 1. The highest BCUT2D eigenvalue weighted by atomic mass is 32.2. The van der Waals surface area contributed by atoms with Crippen molar-refractivity contribution in [2.24, 2.45) is 7.05 Å². The molecule has 0 saturated heterocycles. The summed E-state index contributed by atoms with van der Waals surface area (Å²) in [7, 11) is -1.45. The van der Waals surface area contributed by atoms with E-state index in [9.17, 15) is 8.42 Å². The van der Waals surface area contributed by atoms with Gasteiger partial charge in [0.15, 0.2) is 0 Å². The van der Waals surface area contributed by atoms with E-state index in [-0.39, 0.29) is 0 Å². The lowest BCUT2D eigenvalue weighted by Crippen LogP contribution is -2.40. The van der Waals surface area contributed by atoms with Crippen LogP contribution >= 0.6 is 0 Å². The van der Waals surface area contributed by atoms with Crippen molar-refractivity contribution >= 4 is 10.2 Å². The van der Waals surface area contributed by atoms with Crippen LogP contribution in [0.3, 0.4) is 0 Å². The fourth-order valence-corrected chi connectivity index (χ4v) is 3.51. The Balaban J connectivity index is 2.17. The lowest BCUT2D eigenvalue weighted by molar-refractivity contribution is 0.401. The number of aryl methyl sites for hydroxylation is 1. The third-order valence-electron chi connectivity index (χ3n) is 3.19. The van der Waals surface area contributed by atoms with Crippen LogP contribution in [0.5, 0.6) is 0 Å². The van der Waals surface area contributed by atoms with Crippen LogP contribution in [-0.4, -0.2) is 35.6 Å². The van der Waals surface area contributed by atoms with E-state index in [4.69, 9.17) is 0 Å². The lowest BCUT2D eigenvalue weighted by Gasteiger charge is -2.20. The minimum absolute atomic E-state index is 0.419. The summed E-state index contributed by atoms with van der Waals surface area (Å²) >= 11 is 0. The van der Waals surface area contributed by atoms with Crippen LogP contribution in [0.25, 0.3) is 0 Å². The zero-order chi connectivity index (χ0) is 13.2. The summed E-state index contributed by atoms with van der Waals surface area (Å²) in [5.74, 6) is 0. The van der Waals surface area contributed by atoms with E-state index >= 15 is 0 Å². The number of rotatable bonds is 4. The van der Waals surface area contributed by atoms with Crippen LogP contribution in [0.4, 0.5) is 0 Å². The molecule has 0 unspecified atom stereocenters. The standard InChI is InChI=1S/C11H20N4O2S/c1-3-6-13-18(16,17)15-7-4-5-11-10(9-15)8-12-14(11)2/h8,13H,3-7,9H2,1-2H3. The minimum atomic E-state index is -3.36. The quantitative estimate of drug-likeness (QED) is 0.863. The average Bonchev–Trinajstić information content (AvgIpc) is 2.56. The Hall–Kier alpha value is -0.920. The molecule has 1 aromatic rings. The van der Waals surface area contributed by atoms with Crippen molar-refractivity contribution in [1.29, 1.82) is 0 Å². The van der Waals surface area contributed by atoms with Gasteiger partial charge in [-0.25, -0.2) is 4.72 Å². The molecule has 0 atom stereocenters. The van der Waals surface area contributed by atoms with Gasteiger partial charge in [-0.15, -0.1) is 0 Å². The molecule has 0 fully saturated rings. The van der Waals surface area contributed by atoms with Crippen LogP contribution in [-0.2, 0) is 30.2 Å². The zero-order valence-corrected chi connectivity index (χ0v) is 11.7. The molecule has 0 bridgehead atoms. The van der Waals surface area contributed by atoms with Crippen LogP contribution in [0, 0.1) is 0 Å². The number of nitrogens with one attached hydrogen (secondary N) is 1. The third-order valence-corrected chi connectivity index (χ3v) is 4.75. The van der Waals surface area contributed by atoms with Crippen LogP contribution in [0.2, 0.25) is 0 Å². The second-order valence-corrected chi connectivity index (χ2v) is 6.33. The summed E-state index contributed by atoms with van der Waals surface area (Å²) in [6, 6.07) is 0. The van der Waals surface area contributed by atoms with Crippen LogP contribution in [0.15, 0.2) is 6.20 Å². The lowest BCUT2D eigenvalue weighted by atomic mass is 10.2. The van der Waals surface area contributed by atoms with Gasteiger partial charge in [0.1, 0.15) is 0 Å². The maximum atomic E-state index is 12.1. The largest absolute Gasteiger partial charge is 0.279 e. The van der Waals surface area contributed by atoms with Gasteiger partial charge in [-0.3, -0.25) is 4.68 Å². The summed E-state index contributed by atoms with van der Waals surface area (Å²) in [5.41, 5.74) is 2.15. The molecular formula is C11H20N4O2S. The molecule has 0 aliphatic carbocycles. The van der Waals surface area contributed by atoms with Crippen molar-refractivity contribution in [3.8, 4) is 0 Å². The topological polar surface area (TPSA) is 67.2 Å². The highest BCUT2D eigenvalue weighted by Crippen LogP contribution is 2.19. The summed E-state index contributed by atoms with van der Waals surface area (Å²) < 4.78 is 30.2. The van der Waals surface area contributed by atoms with E-state index in [1.165, 1.54) is 4.31 Å². The normalized spacial score (nSPS) is 17.4. The number of hydrogen-bond acceptors (Lipinski definition) is 3. The van der Waals surface area contributed by atoms with Gasteiger partial charge in [0.2, 0.25) is 0 Å². The summed E-state index contributed by atoms with van der Waals surface area (Å²) in [5, 5.41) is 4.19. The Bertz CT molecular complexity index is 509. The molecule has 6 nitrogen and oxygen atoms in total. The zero-order valence-electron chi connectivity index (χ0n) is 10.9. The molecule has 2 rings (SSSR count). The van der Waals surface area contributed by atoms with E-state index in [1.807, 2.05) is 18.7 Å². The van der Waals surface area contributed by atoms with Gasteiger partial charge in [-0.2, -0.15) is 17.8 Å². The van der Waals surface area contributed by atoms with Gasteiger partial charge in [-0.1, -0.05) is 6.92 Å². The fourth-order valence-electron chi connectivity index (χ4n) is 2.18. The molecule has 0 saturated carbocycles. The first-order valence-electron chi connectivity index (χ1n) is 6.29. The predicted molar refractivity (Wildman–Crippen MR) is 69.2 cm³/mol. The molecule has 0 spiro atoms. The van der Waals surface area contributed by atoms with Gasteiger partial charge in [0.25, 0.3) is 10.2 Å². The van der Waals surface area contributed by atoms with E-state index in [0.717, 1.165) is 30.5 Å². The molecular weight excluding hydrogens is 252 g/mol. The van der Waals surface area contributed by atoms with Crippen molar-refractivity contribution < 1.29 is 8.42 Å². The Morgan fingerprint density at radius 3 is 3.00 bits per heavy atom. The SMILES string of the molecule is CCCNS(=O)(=O)N1CCCc2c(cnn2C)C1. The number of aromatic nitrogens is 2. The molecule has 1 aromatic heterocycles. The van der Waals surface area contributed by atoms with Crippen molar-refractivity contribution in [2.45, 2.75) is 32.7 Å². The maximum absolute atomic E-state index is 12.1. The molecule has 0 amide bonds. The minimum Gasteiger partial charge on any atom is -0.272 e. The summed E-state index contributed by atoms with van der Waals surface area (Å²) in [6.45, 7) is 3.42. The number of hydrogen-bond donors (Lipinski definition) is 1. The van der Waals surface area contributed by atoms with Gasteiger partial charge in [0, 0.05) is 37.9 Å². The Kier molecular flexibility index (Phi) is 4.04. The Labute approximate surface area is 108 Å². The second-order valence-electron chi connectivity index (χ2n) is 4.58. The highest BCUT2D eigenvalue weighted by Gasteiger charge is 2.25. The third kappa shape index (κ3) is 2.73. The van der Waals surface area contributed by atoms with Gasteiger partial charge in [0.05, 0.1) is 6.20 Å². The monoisotopic (exact) mass is 272 g/mol. The molecule has 0 radical (unpaired) electrons. The first-order valence-corrected chi connectivity index (χ1v) is 7.73. The van der Waals surface area contributed by atoms with E-state index < -0.39 is 10.2 Å².